The van der Waals surface area contributed by atoms with Gasteiger partial charge in [0.05, 0.1) is 0 Å². The van der Waals surface area contributed by atoms with E-state index in [1.807, 2.05) is 6.07 Å². The van der Waals surface area contributed by atoms with Crippen molar-refractivity contribution >= 4 is 17.5 Å². The SMILES string of the molecule is NC(=O)c1cccc(C(=O)Nc2cccc(COc3cccc(F)c3)c2)c1. The number of carbonyl (C=O) groups is 2. The van der Waals surface area contributed by atoms with Crippen LogP contribution in [-0.4, -0.2) is 11.8 Å². The number of nitrogens with two attached hydrogens (primary N) is 1. The van der Waals surface area contributed by atoms with Crippen LogP contribution in [-0.2, 0) is 6.61 Å². The van der Waals surface area contributed by atoms with Crippen LogP contribution in [0.15, 0.2) is 72.8 Å². The van der Waals surface area contributed by atoms with E-state index in [4.69, 9.17) is 10.5 Å². The smallest absolute Gasteiger partial charge is 0.255 e. The lowest BCUT2D eigenvalue weighted by Gasteiger charge is -2.10. The van der Waals surface area contributed by atoms with Gasteiger partial charge in [-0.05, 0) is 48.0 Å². The number of ether oxygens (including phenoxy) is 1. The molecule has 0 unspecified atom stereocenters. The summed E-state index contributed by atoms with van der Waals surface area (Å²) >= 11 is 0. The van der Waals surface area contributed by atoms with Crippen molar-refractivity contribution in [3.05, 3.63) is 95.3 Å². The van der Waals surface area contributed by atoms with Crippen molar-refractivity contribution in [1.82, 2.24) is 0 Å². The molecule has 0 fully saturated rings. The Balaban J connectivity index is 1.67. The van der Waals surface area contributed by atoms with Crippen LogP contribution in [0.25, 0.3) is 0 Å². The maximum atomic E-state index is 13.2. The van der Waals surface area contributed by atoms with E-state index in [1.54, 1.807) is 48.5 Å². The highest BCUT2D eigenvalue weighted by Gasteiger charge is 2.09. The zero-order chi connectivity index (χ0) is 19.2. The molecule has 2 amide bonds. The van der Waals surface area contributed by atoms with Gasteiger partial charge in [0.1, 0.15) is 18.2 Å². The van der Waals surface area contributed by atoms with Crippen molar-refractivity contribution in [2.24, 2.45) is 5.73 Å². The molecule has 5 nitrogen and oxygen atoms in total. The third kappa shape index (κ3) is 4.92. The van der Waals surface area contributed by atoms with Gasteiger partial charge in [0.2, 0.25) is 5.91 Å². The Bertz CT molecular complexity index is 988. The fourth-order valence-corrected chi connectivity index (χ4v) is 2.48. The Morgan fingerprint density at radius 1 is 0.926 bits per heavy atom. The van der Waals surface area contributed by atoms with Crippen molar-refractivity contribution in [2.45, 2.75) is 6.61 Å². The van der Waals surface area contributed by atoms with Crippen molar-refractivity contribution in [3.8, 4) is 5.75 Å². The molecule has 0 aliphatic rings. The van der Waals surface area contributed by atoms with E-state index < -0.39 is 5.91 Å². The molecule has 0 atom stereocenters. The van der Waals surface area contributed by atoms with E-state index in [-0.39, 0.29) is 23.9 Å². The highest BCUT2D eigenvalue weighted by molar-refractivity contribution is 6.06. The highest BCUT2D eigenvalue weighted by atomic mass is 19.1. The molecule has 3 rings (SSSR count). The zero-order valence-electron chi connectivity index (χ0n) is 14.3. The molecule has 0 saturated heterocycles. The second-order valence-electron chi connectivity index (χ2n) is 5.85. The zero-order valence-corrected chi connectivity index (χ0v) is 14.3. The summed E-state index contributed by atoms with van der Waals surface area (Å²) in [6, 6.07) is 19.2. The van der Waals surface area contributed by atoms with Crippen molar-refractivity contribution < 1.29 is 18.7 Å². The lowest BCUT2D eigenvalue weighted by molar-refractivity contribution is 0.1000. The molecule has 27 heavy (non-hydrogen) atoms. The molecule has 0 saturated carbocycles. The van der Waals surface area contributed by atoms with Crippen LogP contribution in [0.4, 0.5) is 10.1 Å². The maximum Gasteiger partial charge on any atom is 0.255 e. The van der Waals surface area contributed by atoms with Crippen LogP contribution in [0.5, 0.6) is 5.75 Å². The van der Waals surface area contributed by atoms with Gasteiger partial charge < -0.3 is 15.8 Å². The fraction of sp³-hybridized carbons (Fsp3) is 0.0476. The average molecular weight is 364 g/mol. The van der Waals surface area contributed by atoms with Crippen LogP contribution in [0.2, 0.25) is 0 Å². The van der Waals surface area contributed by atoms with E-state index in [0.717, 1.165) is 5.56 Å². The number of benzene rings is 3. The summed E-state index contributed by atoms with van der Waals surface area (Å²) in [5, 5.41) is 2.77. The van der Waals surface area contributed by atoms with Crippen molar-refractivity contribution in [1.29, 1.82) is 0 Å². The first kappa shape index (κ1) is 18.1. The largest absolute Gasteiger partial charge is 0.489 e. The minimum Gasteiger partial charge on any atom is -0.489 e. The fourth-order valence-electron chi connectivity index (χ4n) is 2.48. The first-order valence-corrected chi connectivity index (χ1v) is 8.20. The average Bonchev–Trinajstić information content (AvgIpc) is 2.67. The quantitative estimate of drug-likeness (QED) is 0.699. The number of anilines is 1. The lowest BCUT2D eigenvalue weighted by Crippen LogP contribution is -2.15. The summed E-state index contributed by atoms with van der Waals surface area (Å²) in [6.07, 6.45) is 0. The minimum absolute atomic E-state index is 0.227. The Kier molecular flexibility index (Phi) is 5.47. The number of halogens is 1. The van der Waals surface area contributed by atoms with Gasteiger partial charge in [-0.15, -0.1) is 0 Å². The first-order chi connectivity index (χ1) is 13.0. The van der Waals surface area contributed by atoms with Crippen molar-refractivity contribution in [2.75, 3.05) is 5.32 Å². The second kappa shape index (κ2) is 8.14. The van der Waals surface area contributed by atoms with E-state index in [2.05, 4.69) is 5.32 Å². The molecule has 0 heterocycles. The van der Waals surface area contributed by atoms with E-state index >= 15 is 0 Å². The third-order valence-electron chi connectivity index (χ3n) is 3.80. The van der Waals surface area contributed by atoms with Crippen LogP contribution in [0, 0.1) is 5.82 Å². The van der Waals surface area contributed by atoms with Crippen LogP contribution in [0.1, 0.15) is 26.3 Å². The summed E-state index contributed by atoms with van der Waals surface area (Å²) in [6.45, 7) is 0.227. The van der Waals surface area contributed by atoms with Gasteiger partial charge in [-0.1, -0.05) is 24.3 Å². The van der Waals surface area contributed by atoms with Gasteiger partial charge in [-0.25, -0.2) is 4.39 Å². The van der Waals surface area contributed by atoms with E-state index in [0.29, 0.717) is 17.0 Å². The number of primary amides is 1. The van der Waals surface area contributed by atoms with Gasteiger partial charge in [-0.2, -0.15) is 0 Å². The standard InChI is InChI=1S/C21H17FN2O3/c22-17-7-3-9-19(12-17)27-13-14-4-1-8-18(10-14)24-21(26)16-6-2-5-15(11-16)20(23)25/h1-12H,13H2,(H2,23,25)(H,24,26). The van der Waals surface area contributed by atoms with Crippen molar-refractivity contribution in [3.63, 3.8) is 0 Å². The number of hydrogen-bond donors (Lipinski definition) is 2. The molecular formula is C21H17FN2O3. The van der Waals surface area contributed by atoms with Gasteiger partial charge in [0.25, 0.3) is 5.91 Å². The summed E-state index contributed by atoms with van der Waals surface area (Å²) in [5.74, 6) is -0.901. The minimum atomic E-state index is -0.596. The molecule has 3 aromatic carbocycles. The maximum absolute atomic E-state index is 13.2. The van der Waals surface area contributed by atoms with Gasteiger partial charge in [0.15, 0.2) is 0 Å². The number of carbonyl (C=O) groups excluding carboxylic acids is 2. The van der Waals surface area contributed by atoms with Crippen LogP contribution >= 0.6 is 0 Å². The number of hydrogen-bond acceptors (Lipinski definition) is 3. The Hall–Kier alpha value is -3.67. The molecule has 0 aliphatic heterocycles. The van der Waals surface area contributed by atoms with Gasteiger partial charge in [0, 0.05) is 22.9 Å². The summed E-state index contributed by atoms with van der Waals surface area (Å²) < 4.78 is 18.7. The lowest BCUT2D eigenvalue weighted by atomic mass is 10.1. The van der Waals surface area contributed by atoms with Crippen LogP contribution in [0.3, 0.4) is 0 Å². The number of rotatable bonds is 6. The molecule has 3 N–H and O–H groups in total. The molecule has 0 spiro atoms. The predicted molar refractivity (Wildman–Crippen MR) is 100 cm³/mol. The predicted octanol–water partition coefficient (Wildman–Crippen LogP) is 3.76. The Morgan fingerprint density at radius 3 is 2.44 bits per heavy atom. The number of amides is 2. The molecular weight excluding hydrogens is 347 g/mol. The monoisotopic (exact) mass is 364 g/mol. The number of nitrogens with one attached hydrogen (secondary N) is 1. The Labute approximate surface area is 155 Å². The molecule has 6 heteroatoms. The molecule has 3 aromatic rings. The van der Waals surface area contributed by atoms with Crippen LogP contribution < -0.4 is 15.8 Å². The highest BCUT2D eigenvalue weighted by Crippen LogP contribution is 2.17. The summed E-state index contributed by atoms with van der Waals surface area (Å²) in [4.78, 5) is 23.6. The summed E-state index contributed by atoms with van der Waals surface area (Å²) in [7, 11) is 0. The summed E-state index contributed by atoms with van der Waals surface area (Å²) in [5.41, 5.74) is 7.21. The molecule has 0 radical (unpaired) electrons. The normalized spacial score (nSPS) is 10.3. The molecule has 0 aliphatic carbocycles. The molecule has 136 valence electrons. The Morgan fingerprint density at radius 2 is 1.67 bits per heavy atom. The first-order valence-electron chi connectivity index (χ1n) is 8.20. The molecule has 0 aromatic heterocycles. The van der Waals surface area contributed by atoms with E-state index in [9.17, 15) is 14.0 Å². The topological polar surface area (TPSA) is 81.4 Å². The molecule has 0 bridgehead atoms. The van der Waals surface area contributed by atoms with E-state index in [1.165, 1.54) is 18.2 Å². The van der Waals surface area contributed by atoms with Gasteiger partial charge in [-0.3, -0.25) is 9.59 Å². The van der Waals surface area contributed by atoms with Gasteiger partial charge >= 0.3 is 0 Å². The second-order valence-corrected chi connectivity index (χ2v) is 5.85. The third-order valence-corrected chi connectivity index (χ3v) is 3.80.